The summed E-state index contributed by atoms with van der Waals surface area (Å²) in [5.41, 5.74) is 1.39. The highest BCUT2D eigenvalue weighted by Crippen LogP contribution is 2.27. The van der Waals surface area contributed by atoms with Crippen LogP contribution in [0.25, 0.3) is 0 Å². The van der Waals surface area contributed by atoms with Crippen molar-refractivity contribution in [2.24, 2.45) is 5.92 Å². The maximum atomic E-state index is 10.6. The predicted octanol–water partition coefficient (Wildman–Crippen LogP) is 0.472. The minimum atomic E-state index is -0.675. The van der Waals surface area contributed by atoms with E-state index in [1.165, 1.54) is 0 Å². The molecular formula is C9H12O3. The molecule has 2 atom stereocenters. The Hall–Kier alpha value is -0.960. The summed E-state index contributed by atoms with van der Waals surface area (Å²) in [7, 11) is 0. The fourth-order valence-electron chi connectivity index (χ4n) is 1.52. The Balaban J connectivity index is 2.98. The molecule has 0 spiro atoms. The number of allylic oxidation sites excluding steroid dienone is 1. The van der Waals surface area contributed by atoms with Gasteiger partial charge in [0, 0.05) is 5.57 Å². The van der Waals surface area contributed by atoms with Gasteiger partial charge in [-0.3, -0.25) is 4.79 Å². The van der Waals surface area contributed by atoms with E-state index in [1.54, 1.807) is 0 Å². The van der Waals surface area contributed by atoms with Gasteiger partial charge in [-0.25, -0.2) is 0 Å². The maximum Gasteiger partial charge on any atom is 0.146 e. The molecule has 0 saturated carbocycles. The molecule has 1 aliphatic carbocycles. The third-order valence-corrected chi connectivity index (χ3v) is 2.36. The van der Waals surface area contributed by atoms with Gasteiger partial charge in [0.1, 0.15) is 12.6 Å². The Labute approximate surface area is 71.1 Å². The molecule has 12 heavy (non-hydrogen) atoms. The Morgan fingerprint density at radius 3 is 2.58 bits per heavy atom. The summed E-state index contributed by atoms with van der Waals surface area (Å²) in [6.45, 7) is 1.83. The van der Waals surface area contributed by atoms with Gasteiger partial charge in [0.25, 0.3) is 0 Å². The number of aliphatic hydroxyl groups excluding tert-OH is 1. The van der Waals surface area contributed by atoms with E-state index in [0.717, 1.165) is 5.57 Å². The summed E-state index contributed by atoms with van der Waals surface area (Å²) in [5, 5.41) is 9.36. The highest BCUT2D eigenvalue weighted by Gasteiger charge is 2.27. The monoisotopic (exact) mass is 168 g/mol. The van der Waals surface area contributed by atoms with Gasteiger partial charge in [-0.05, 0) is 19.8 Å². The highest BCUT2D eigenvalue weighted by molar-refractivity contribution is 5.83. The average Bonchev–Trinajstić information content (AvgIpc) is 2.08. The van der Waals surface area contributed by atoms with Gasteiger partial charge in [-0.15, -0.1) is 0 Å². The molecule has 1 aliphatic rings. The molecule has 0 aliphatic heterocycles. The van der Waals surface area contributed by atoms with Crippen LogP contribution in [-0.4, -0.2) is 23.8 Å². The van der Waals surface area contributed by atoms with Crippen LogP contribution in [0.15, 0.2) is 11.1 Å². The zero-order chi connectivity index (χ0) is 9.14. The third-order valence-electron chi connectivity index (χ3n) is 2.36. The molecule has 0 unspecified atom stereocenters. The number of hydrogen-bond acceptors (Lipinski definition) is 3. The second kappa shape index (κ2) is 3.63. The topological polar surface area (TPSA) is 54.4 Å². The number of carbonyl (C=O) groups excluding carboxylic acids is 2. The summed E-state index contributed by atoms with van der Waals surface area (Å²) in [6.07, 6.45) is 1.94. The minimum Gasteiger partial charge on any atom is -0.392 e. The van der Waals surface area contributed by atoms with E-state index in [0.29, 0.717) is 31.0 Å². The lowest BCUT2D eigenvalue weighted by Crippen LogP contribution is -2.28. The van der Waals surface area contributed by atoms with E-state index in [4.69, 9.17) is 0 Å². The zero-order valence-corrected chi connectivity index (χ0v) is 6.99. The molecule has 0 aromatic heterocycles. The first kappa shape index (κ1) is 9.13. The fraction of sp³-hybridized carbons (Fsp3) is 0.556. The van der Waals surface area contributed by atoms with Gasteiger partial charge >= 0.3 is 0 Å². The van der Waals surface area contributed by atoms with Gasteiger partial charge in [-0.1, -0.05) is 5.57 Å². The molecule has 0 radical (unpaired) electrons. The lowest BCUT2D eigenvalue weighted by molar-refractivity contribution is -0.115. The molecular weight excluding hydrogens is 156 g/mol. The predicted molar refractivity (Wildman–Crippen MR) is 43.6 cm³/mol. The number of rotatable bonds is 2. The van der Waals surface area contributed by atoms with E-state index >= 15 is 0 Å². The second-order valence-electron chi connectivity index (χ2n) is 3.12. The maximum absolute atomic E-state index is 10.6. The van der Waals surface area contributed by atoms with Crippen molar-refractivity contribution in [1.82, 2.24) is 0 Å². The highest BCUT2D eigenvalue weighted by atomic mass is 16.3. The zero-order valence-electron chi connectivity index (χ0n) is 6.99. The molecule has 66 valence electrons. The smallest absolute Gasteiger partial charge is 0.146 e. The molecule has 0 heterocycles. The first-order valence-corrected chi connectivity index (χ1v) is 3.99. The third kappa shape index (κ3) is 1.46. The van der Waals surface area contributed by atoms with Crippen molar-refractivity contribution < 1.29 is 14.7 Å². The van der Waals surface area contributed by atoms with Crippen LogP contribution < -0.4 is 0 Å². The Morgan fingerprint density at radius 2 is 2.17 bits per heavy atom. The first-order chi connectivity index (χ1) is 5.70. The lowest BCUT2D eigenvalue weighted by atomic mass is 9.83. The van der Waals surface area contributed by atoms with Crippen molar-refractivity contribution in [3.8, 4) is 0 Å². The molecule has 0 fully saturated rings. The summed E-state index contributed by atoms with van der Waals surface area (Å²) in [5.74, 6) is -0.601. The van der Waals surface area contributed by atoms with E-state index in [2.05, 4.69) is 0 Å². The molecule has 0 aromatic rings. The van der Waals surface area contributed by atoms with Crippen LogP contribution in [0.2, 0.25) is 0 Å². The molecule has 0 bridgehead atoms. The fourth-order valence-corrected chi connectivity index (χ4v) is 1.52. The summed E-state index contributed by atoms with van der Waals surface area (Å²) in [6, 6.07) is 0. The van der Waals surface area contributed by atoms with E-state index in [-0.39, 0.29) is 0 Å². The molecule has 0 aromatic carbocycles. The average molecular weight is 168 g/mol. The van der Waals surface area contributed by atoms with Gasteiger partial charge in [-0.2, -0.15) is 0 Å². The molecule has 1 rings (SSSR count). The summed E-state index contributed by atoms with van der Waals surface area (Å²) < 4.78 is 0. The number of hydrogen-bond donors (Lipinski definition) is 1. The van der Waals surface area contributed by atoms with Crippen molar-refractivity contribution in [2.45, 2.75) is 25.9 Å². The van der Waals surface area contributed by atoms with Crippen LogP contribution in [-0.2, 0) is 9.59 Å². The van der Waals surface area contributed by atoms with Crippen molar-refractivity contribution >= 4 is 12.6 Å². The van der Waals surface area contributed by atoms with Gasteiger partial charge < -0.3 is 9.90 Å². The van der Waals surface area contributed by atoms with Crippen LogP contribution in [0, 0.1) is 5.92 Å². The van der Waals surface area contributed by atoms with Crippen LogP contribution in [0.4, 0.5) is 0 Å². The lowest BCUT2D eigenvalue weighted by Gasteiger charge is -2.24. The number of aliphatic hydroxyl groups is 1. The molecule has 1 N–H and O–H groups in total. The van der Waals surface area contributed by atoms with E-state index in [9.17, 15) is 14.7 Å². The largest absolute Gasteiger partial charge is 0.392 e. The first-order valence-electron chi connectivity index (χ1n) is 3.99. The Bertz CT molecular complexity index is 230. The molecule has 0 saturated heterocycles. The van der Waals surface area contributed by atoms with Crippen molar-refractivity contribution in [2.75, 3.05) is 0 Å². The van der Waals surface area contributed by atoms with Crippen molar-refractivity contribution in [3.05, 3.63) is 11.1 Å². The van der Waals surface area contributed by atoms with Crippen molar-refractivity contribution in [3.63, 3.8) is 0 Å². The second-order valence-corrected chi connectivity index (χ2v) is 3.12. The number of aldehydes is 2. The van der Waals surface area contributed by atoms with Crippen LogP contribution in [0.1, 0.15) is 19.8 Å². The number of carbonyl (C=O) groups is 2. The Morgan fingerprint density at radius 1 is 1.50 bits per heavy atom. The minimum absolute atomic E-state index is 0.462. The van der Waals surface area contributed by atoms with Gasteiger partial charge in [0.2, 0.25) is 0 Å². The Kier molecular flexibility index (Phi) is 2.76. The van der Waals surface area contributed by atoms with Gasteiger partial charge in [0.15, 0.2) is 0 Å². The van der Waals surface area contributed by atoms with E-state index in [1.807, 2.05) is 6.92 Å². The van der Waals surface area contributed by atoms with Crippen LogP contribution >= 0.6 is 0 Å². The standard InChI is InChI=1S/C9H12O3/c1-6-2-3-9(12)8(5-11)7(6)4-10/h4-5,8-9,12H,2-3H2,1H3/t8-,9-/m0/s1. The molecule has 3 nitrogen and oxygen atoms in total. The van der Waals surface area contributed by atoms with Crippen molar-refractivity contribution in [1.29, 1.82) is 0 Å². The van der Waals surface area contributed by atoms with Crippen LogP contribution in [0.5, 0.6) is 0 Å². The molecule has 0 amide bonds. The quantitative estimate of drug-likeness (QED) is 0.610. The van der Waals surface area contributed by atoms with Gasteiger partial charge in [0.05, 0.1) is 12.0 Å². The van der Waals surface area contributed by atoms with E-state index < -0.39 is 12.0 Å². The summed E-state index contributed by atoms with van der Waals surface area (Å²) in [4.78, 5) is 21.1. The summed E-state index contributed by atoms with van der Waals surface area (Å²) >= 11 is 0. The molecule has 3 heteroatoms. The normalized spacial score (nSPS) is 30.2. The SMILES string of the molecule is CC1=C(C=O)[C@H](C=O)[C@@H](O)CC1. The van der Waals surface area contributed by atoms with Crippen LogP contribution in [0.3, 0.4) is 0 Å².